The Morgan fingerprint density at radius 1 is 0.960 bits per heavy atom. The van der Waals surface area contributed by atoms with E-state index in [0.717, 1.165) is 19.3 Å². The van der Waals surface area contributed by atoms with E-state index in [1.807, 2.05) is 18.2 Å². The quantitative estimate of drug-likeness (QED) is 0.498. The van der Waals surface area contributed by atoms with Crippen molar-refractivity contribution in [2.45, 2.75) is 32.3 Å². The molecular weight excluding hydrogens is 316 g/mol. The molecule has 0 fully saturated rings. The fraction of sp³-hybridized carbons (Fsp3) is 0.381. The van der Waals surface area contributed by atoms with Crippen LogP contribution in [0.5, 0.6) is 5.75 Å². The molecule has 0 aromatic heterocycles. The predicted octanol–water partition coefficient (Wildman–Crippen LogP) is 3.86. The van der Waals surface area contributed by atoms with Crippen LogP contribution in [-0.4, -0.2) is 36.8 Å². The van der Waals surface area contributed by atoms with E-state index < -0.39 is 6.10 Å². The van der Waals surface area contributed by atoms with Gasteiger partial charge in [0, 0.05) is 17.7 Å². The Kier molecular flexibility index (Phi) is 8.16. The zero-order valence-electron chi connectivity index (χ0n) is 14.7. The number of ketones is 1. The summed E-state index contributed by atoms with van der Waals surface area (Å²) in [5, 5.41) is 9.85. The van der Waals surface area contributed by atoms with Gasteiger partial charge in [0.05, 0.1) is 6.61 Å². The Hall–Kier alpha value is -2.17. The lowest BCUT2D eigenvalue weighted by Gasteiger charge is -2.13. The third kappa shape index (κ3) is 6.69. The van der Waals surface area contributed by atoms with Gasteiger partial charge in [0.1, 0.15) is 18.5 Å². The molecule has 0 heterocycles. The fourth-order valence-corrected chi connectivity index (χ4v) is 2.37. The molecule has 2 aromatic carbocycles. The minimum atomic E-state index is -0.660. The molecule has 0 aliphatic heterocycles. The number of carbonyl (C=O) groups is 1. The van der Waals surface area contributed by atoms with Gasteiger partial charge < -0.3 is 14.6 Å². The molecule has 0 saturated carbocycles. The second-order valence-corrected chi connectivity index (χ2v) is 5.97. The summed E-state index contributed by atoms with van der Waals surface area (Å²) < 4.78 is 11.0. The van der Waals surface area contributed by atoms with Crippen molar-refractivity contribution < 1.29 is 19.4 Å². The SMILES string of the molecule is CCCCCOCC(O)COc1ccc(C(=O)c2ccccc2)cc1. The van der Waals surface area contributed by atoms with Gasteiger partial charge in [0.25, 0.3) is 0 Å². The van der Waals surface area contributed by atoms with Crippen LogP contribution in [0.2, 0.25) is 0 Å². The number of benzene rings is 2. The normalized spacial score (nSPS) is 11.9. The summed E-state index contributed by atoms with van der Waals surface area (Å²) in [6.07, 6.45) is 2.65. The average Bonchev–Trinajstić information content (AvgIpc) is 2.67. The minimum absolute atomic E-state index is 0.0207. The van der Waals surface area contributed by atoms with Crippen molar-refractivity contribution in [1.82, 2.24) is 0 Å². The number of hydrogen-bond donors (Lipinski definition) is 1. The Bertz CT molecular complexity index is 622. The van der Waals surface area contributed by atoms with Gasteiger partial charge in [-0.05, 0) is 30.7 Å². The lowest BCUT2D eigenvalue weighted by atomic mass is 10.0. The summed E-state index contributed by atoms with van der Waals surface area (Å²) in [7, 11) is 0. The highest BCUT2D eigenvalue weighted by molar-refractivity contribution is 6.08. The highest BCUT2D eigenvalue weighted by Crippen LogP contribution is 2.15. The highest BCUT2D eigenvalue weighted by Gasteiger charge is 2.09. The second kappa shape index (κ2) is 10.6. The van der Waals surface area contributed by atoms with Crippen molar-refractivity contribution in [3.8, 4) is 5.75 Å². The molecule has 0 radical (unpaired) electrons. The van der Waals surface area contributed by atoms with Crippen LogP contribution in [0.25, 0.3) is 0 Å². The number of ether oxygens (including phenoxy) is 2. The van der Waals surface area contributed by atoms with E-state index in [1.54, 1.807) is 36.4 Å². The van der Waals surface area contributed by atoms with Crippen molar-refractivity contribution in [3.05, 3.63) is 65.7 Å². The molecule has 0 aliphatic carbocycles. The molecule has 25 heavy (non-hydrogen) atoms. The van der Waals surface area contributed by atoms with Gasteiger partial charge in [-0.25, -0.2) is 0 Å². The average molecular weight is 342 g/mol. The molecule has 0 amide bonds. The molecule has 1 atom stereocenters. The molecule has 1 unspecified atom stereocenters. The van der Waals surface area contributed by atoms with Crippen molar-refractivity contribution >= 4 is 5.78 Å². The van der Waals surface area contributed by atoms with Crippen LogP contribution in [0.1, 0.15) is 42.1 Å². The number of aliphatic hydroxyl groups excluding tert-OH is 1. The van der Waals surface area contributed by atoms with Crippen LogP contribution in [0.3, 0.4) is 0 Å². The highest BCUT2D eigenvalue weighted by atomic mass is 16.5. The summed E-state index contributed by atoms with van der Waals surface area (Å²) in [5.41, 5.74) is 1.27. The minimum Gasteiger partial charge on any atom is -0.491 e. The van der Waals surface area contributed by atoms with Crippen molar-refractivity contribution in [1.29, 1.82) is 0 Å². The number of aliphatic hydroxyl groups is 1. The predicted molar refractivity (Wildman–Crippen MR) is 98.2 cm³/mol. The van der Waals surface area contributed by atoms with Gasteiger partial charge in [-0.15, -0.1) is 0 Å². The lowest BCUT2D eigenvalue weighted by molar-refractivity contribution is 0.0110. The molecule has 4 nitrogen and oxygen atoms in total. The summed E-state index contributed by atoms with van der Waals surface area (Å²) >= 11 is 0. The molecule has 134 valence electrons. The summed E-state index contributed by atoms with van der Waals surface area (Å²) in [5.74, 6) is 0.599. The topological polar surface area (TPSA) is 55.8 Å². The molecule has 2 aromatic rings. The first kappa shape index (κ1) is 19.2. The van der Waals surface area contributed by atoms with Crippen molar-refractivity contribution in [2.75, 3.05) is 19.8 Å². The van der Waals surface area contributed by atoms with Gasteiger partial charge in [-0.3, -0.25) is 4.79 Å². The molecule has 0 spiro atoms. The number of rotatable bonds is 11. The van der Waals surface area contributed by atoms with E-state index in [1.165, 1.54) is 0 Å². The maximum Gasteiger partial charge on any atom is 0.193 e. The van der Waals surface area contributed by atoms with Crippen molar-refractivity contribution in [3.63, 3.8) is 0 Å². The fourth-order valence-electron chi connectivity index (χ4n) is 2.37. The standard InChI is InChI=1S/C21H26O4/c1-2-3-7-14-24-15-19(22)16-25-20-12-10-18(11-13-20)21(23)17-8-5-4-6-9-17/h4-6,8-13,19,22H,2-3,7,14-16H2,1H3. The number of carbonyl (C=O) groups excluding carboxylic acids is 1. The van der Waals surface area contributed by atoms with Crippen LogP contribution in [0.4, 0.5) is 0 Å². The van der Waals surface area contributed by atoms with E-state index in [9.17, 15) is 9.90 Å². The monoisotopic (exact) mass is 342 g/mol. The van der Waals surface area contributed by atoms with Crippen molar-refractivity contribution in [2.24, 2.45) is 0 Å². The Morgan fingerprint density at radius 3 is 2.32 bits per heavy atom. The van der Waals surface area contributed by atoms with Gasteiger partial charge in [-0.2, -0.15) is 0 Å². The van der Waals surface area contributed by atoms with Crippen LogP contribution in [-0.2, 0) is 4.74 Å². The summed E-state index contributed by atoms with van der Waals surface area (Å²) in [6.45, 7) is 3.25. The molecule has 0 saturated heterocycles. The van der Waals surface area contributed by atoms with E-state index in [4.69, 9.17) is 9.47 Å². The Balaban J connectivity index is 1.76. The maximum atomic E-state index is 12.3. The smallest absolute Gasteiger partial charge is 0.193 e. The third-order valence-electron chi connectivity index (χ3n) is 3.80. The van der Waals surface area contributed by atoms with Crippen LogP contribution in [0, 0.1) is 0 Å². The molecule has 0 aliphatic rings. The molecule has 1 N–H and O–H groups in total. The first-order valence-electron chi connectivity index (χ1n) is 8.79. The van der Waals surface area contributed by atoms with Gasteiger partial charge in [0.15, 0.2) is 5.78 Å². The first-order valence-corrected chi connectivity index (χ1v) is 8.79. The maximum absolute atomic E-state index is 12.3. The van der Waals surface area contributed by atoms with Crippen LogP contribution >= 0.6 is 0 Å². The Morgan fingerprint density at radius 2 is 1.64 bits per heavy atom. The van der Waals surface area contributed by atoms with E-state index in [0.29, 0.717) is 23.5 Å². The van der Waals surface area contributed by atoms with E-state index in [-0.39, 0.29) is 19.0 Å². The zero-order valence-corrected chi connectivity index (χ0v) is 14.7. The largest absolute Gasteiger partial charge is 0.491 e. The molecule has 2 rings (SSSR count). The first-order chi connectivity index (χ1) is 12.2. The number of unbranched alkanes of at least 4 members (excludes halogenated alkanes) is 2. The molecular formula is C21H26O4. The lowest BCUT2D eigenvalue weighted by Crippen LogP contribution is -2.23. The Labute approximate surface area is 149 Å². The summed E-state index contributed by atoms with van der Waals surface area (Å²) in [6, 6.07) is 16.1. The number of hydrogen-bond acceptors (Lipinski definition) is 4. The molecule has 0 bridgehead atoms. The van der Waals surface area contributed by atoms with Crippen LogP contribution in [0.15, 0.2) is 54.6 Å². The second-order valence-electron chi connectivity index (χ2n) is 5.97. The van der Waals surface area contributed by atoms with E-state index in [2.05, 4.69) is 6.92 Å². The van der Waals surface area contributed by atoms with E-state index >= 15 is 0 Å². The van der Waals surface area contributed by atoms with Crippen LogP contribution < -0.4 is 4.74 Å². The molecule has 4 heteroatoms. The zero-order chi connectivity index (χ0) is 17.9. The van der Waals surface area contributed by atoms with Gasteiger partial charge >= 0.3 is 0 Å². The summed E-state index contributed by atoms with van der Waals surface area (Å²) in [4.78, 5) is 12.3. The van der Waals surface area contributed by atoms with Gasteiger partial charge in [-0.1, -0.05) is 50.1 Å². The third-order valence-corrected chi connectivity index (χ3v) is 3.80. The van der Waals surface area contributed by atoms with Gasteiger partial charge in [0.2, 0.25) is 0 Å².